The van der Waals surface area contributed by atoms with Gasteiger partial charge < -0.3 is 10.0 Å². The minimum absolute atomic E-state index is 0.171. The van der Waals surface area contributed by atoms with Crippen molar-refractivity contribution in [3.05, 3.63) is 34.9 Å². The Hall–Kier alpha value is -1.92. The number of carboxylic acid groups (broad SMARTS) is 1. The molecule has 23 heavy (non-hydrogen) atoms. The zero-order chi connectivity index (χ0) is 17.2. The van der Waals surface area contributed by atoms with Crippen LogP contribution < -0.4 is 0 Å². The lowest BCUT2D eigenvalue weighted by molar-refractivity contribution is -0.145. The summed E-state index contributed by atoms with van der Waals surface area (Å²) in [7, 11) is 3.67. The van der Waals surface area contributed by atoms with Gasteiger partial charge in [0.25, 0.3) is 0 Å². The molecule has 1 N–H and O–H groups in total. The summed E-state index contributed by atoms with van der Waals surface area (Å²) in [6.07, 6.45) is -0.630. The van der Waals surface area contributed by atoms with E-state index in [2.05, 4.69) is 0 Å². The number of rotatable bonds is 6. The highest BCUT2D eigenvalue weighted by Gasteiger charge is 2.54. The van der Waals surface area contributed by atoms with Crippen LogP contribution in [0.3, 0.4) is 0 Å². The van der Waals surface area contributed by atoms with E-state index in [0.29, 0.717) is 17.1 Å². The fourth-order valence-corrected chi connectivity index (χ4v) is 3.19. The first-order chi connectivity index (χ1) is 10.8. The monoisotopic (exact) mass is 338 g/mol. The number of amides is 2. The molecule has 7 heteroatoms. The van der Waals surface area contributed by atoms with Crippen LogP contribution in [0.5, 0.6) is 0 Å². The maximum absolute atomic E-state index is 12.9. The van der Waals surface area contributed by atoms with Gasteiger partial charge in [-0.2, -0.15) is 0 Å². The Bertz CT molecular complexity index is 647. The lowest BCUT2D eigenvalue weighted by Crippen LogP contribution is -2.42. The van der Waals surface area contributed by atoms with Crippen LogP contribution in [0.25, 0.3) is 0 Å². The van der Waals surface area contributed by atoms with Gasteiger partial charge in [0, 0.05) is 24.5 Å². The van der Waals surface area contributed by atoms with Crippen molar-refractivity contribution in [2.75, 3.05) is 27.2 Å². The number of nitrogens with zero attached hydrogens (tertiary/aromatic N) is 2. The number of carbonyl (C=O) groups excluding carboxylic acids is 2. The van der Waals surface area contributed by atoms with Crippen molar-refractivity contribution in [1.82, 2.24) is 9.80 Å². The Balaban J connectivity index is 2.44. The van der Waals surface area contributed by atoms with E-state index in [4.69, 9.17) is 11.6 Å². The van der Waals surface area contributed by atoms with Crippen molar-refractivity contribution < 1.29 is 19.5 Å². The second-order valence-electron chi connectivity index (χ2n) is 5.96. The van der Waals surface area contributed by atoms with E-state index in [1.807, 2.05) is 19.0 Å². The van der Waals surface area contributed by atoms with E-state index in [1.165, 1.54) is 0 Å². The quantitative estimate of drug-likeness (QED) is 0.793. The number of halogens is 1. The molecule has 0 aromatic heterocycles. The number of carbonyl (C=O) groups is 3. The first kappa shape index (κ1) is 17.4. The molecule has 124 valence electrons. The first-order valence-electron chi connectivity index (χ1n) is 7.24. The molecule has 0 spiro atoms. The number of aliphatic carboxylic acids is 1. The van der Waals surface area contributed by atoms with Gasteiger partial charge in [-0.05, 0) is 25.7 Å². The number of likely N-dealkylation sites (tertiary alicyclic amines) is 1. The van der Waals surface area contributed by atoms with Gasteiger partial charge in [-0.1, -0.05) is 29.8 Å². The number of benzene rings is 1. The summed E-state index contributed by atoms with van der Waals surface area (Å²) in [5, 5.41) is 9.56. The number of carboxylic acids is 1. The molecule has 1 aromatic carbocycles. The molecule has 0 radical (unpaired) electrons. The smallest absolute Gasteiger partial charge is 0.304 e. The van der Waals surface area contributed by atoms with Gasteiger partial charge in [-0.15, -0.1) is 0 Å². The molecule has 1 aromatic rings. The van der Waals surface area contributed by atoms with Crippen LogP contribution in [0.2, 0.25) is 5.02 Å². The Morgan fingerprint density at radius 2 is 2.00 bits per heavy atom. The van der Waals surface area contributed by atoms with E-state index < -0.39 is 23.7 Å². The molecular formula is C16H19ClN2O4. The van der Waals surface area contributed by atoms with E-state index in [-0.39, 0.29) is 18.9 Å². The molecule has 1 atom stereocenters. The summed E-state index contributed by atoms with van der Waals surface area (Å²) in [6.45, 7) is 0.750. The third kappa shape index (κ3) is 3.38. The zero-order valence-corrected chi connectivity index (χ0v) is 13.8. The maximum Gasteiger partial charge on any atom is 0.304 e. The van der Waals surface area contributed by atoms with Crippen LogP contribution in [0.15, 0.2) is 24.3 Å². The van der Waals surface area contributed by atoms with Crippen LogP contribution in [0, 0.1) is 0 Å². The minimum atomic E-state index is -1.42. The van der Waals surface area contributed by atoms with Crippen LogP contribution in [-0.2, 0) is 19.8 Å². The molecule has 2 rings (SSSR count). The van der Waals surface area contributed by atoms with Gasteiger partial charge in [0.15, 0.2) is 0 Å². The highest BCUT2D eigenvalue weighted by Crippen LogP contribution is 2.42. The van der Waals surface area contributed by atoms with Gasteiger partial charge in [0.1, 0.15) is 0 Å². The third-order valence-corrected chi connectivity index (χ3v) is 4.35. The van der Waals surface area contributed by atoms with E-state index >= 15 is 0 Å². The largest absolute Gasteiger partial charge is 0.481 e. The van der Waals surface area contributed by atoms with E-state index in [1.54, 1.807) is 24.3 Å². The fourth-order valence-electron chi connectivity index (χ4n) is 2.88. The minimum Gasteiger partial charge on any atom is -0.481 e. The third-order valence-electron chi connectivity index (χ3n) is 4.02. The molecule has 6 nitrogen and oxygen atoms in total. The SMILES string of the molecule is CN(C)CCN1C(=O)CC(CC(=O)O)(c2ccccc2Cl)C1=O. The Kier molecular flexibility index (Phi) is 5.06. The topological polar surface area (TPSA) is 77.9 Å². The molecule has 0 saturated carbocycles. The van der Waals surface area contributed by atoms with Crippen molar-refractivity contribution in [3.63, 3.8) is 0 Å². The van der Waals surface area contributed by atoms with Crippen LogP contribution in [0.1, 0.15) is 18.4 Å². The molecular weight excluding hydrogens is 320 g/mol. The van der Waals surface area contributed by atoms with Crippen molar-refractivity contribution in [2.45, 2.75) is 18.3 Å². The Morgan fingerprint density at radius 1 is 1.35 bits per heavy atom. The lowest BCUT2D eigenvalue weighted by Gasteiger charge is -2.27. The Labute approximate surface area is 139 Å². The average molecular weight is 339 g/mol. The van der Waals surface area contributed by atoms with Gasteiger partial charge in [-0.25, -0.2) is 0 Å². The number of hydrogen-bond donors (Lipinski definition) is 1. The molecule has 1 saturated heterocycles. The molecule has 2 amide bonds. The highest BCUT2D eigenvalue weighted by molar-refractivity contribution is 6.32. The van der Waals surface area contributed by atoms with Crippen LogP contribution in [-0.4, -0.2) is 59.9 Å². The number of imide groups is 1. The molecule has 0 bridgehead atoms. The lowest BCUT2D eigenvalue weighted by atomic mass is 9.76. The zero-order valence-electron chi connectivity index (χ0n) is 13.1. The predicted octanol–water partition coefficient (Wildman–Crippen LogP) is 1.37. The molecule has 1 aliphatic rings. The normalized spacial score (nSPS) is 21.3. The van der Waals surface area contributed by atoms with Gasteiger partial charge in [0.2, 0.25) is 11.8 Å². The summed E-state index contributed by atoms with van der Waals surface area (Å²) in [5.74, 6) is -1.99. The van der Waals surface area contributed by atoms with Crippen molar-refractivity contribution >= 4 is 29.4 Å². The maximum atomic E-state index is 12.9. The summed E-state index contributed by atoms with van der Waals surface area (Å²) >= 11 is 6.18. The molecule has 1 aliphatic heterocycles. The van der Waals surface area contributed by atoms with Crippen molar-refractivity contribution in [3.8, 4) is 0 Å². The van der Waals surface area contributed by atoms with Gasteiger partial charge in [0.05, 0.1) is 11.8 Å². The number of hydrogen-bond acceptors (Lipinski definition) is 4. The Morgan fingerprint density at radius 3 is 2.57 bits per heavy atom. The predicted molar refractivity (Wildman–Crippen MR) is 85.3 cm³/mol. The molecule has 1 fully saturated rings. The van der Waals surface area contributed by atoms with Crippen LogP contribution >= 0.6 is 11.6 Å². The first-order valence-corrected chi connectivity index (χ1v) is 7.62. The molecule has 1 heterocycles. The summed E-state index contributed by atoms with van der Waals surface area (Å²) < 4.78 is 0. The van der Waals surface area contributed by atoms with Crippen molar-refractivity contribution in [1.29, 1.82) is 0 Å². The van der Waals surface area contributed by atoms with E-state index in [9.17, 15) is 19.5 Å². The summed E-state index contributed by atoms with van der Waals surface area (Å²) in [4.78, 5) is 39.6. The van der Waals surface area contributed by atoms with Gasteiger partial charge >= 0.3 is 5.97 Å². The van der Waals surface area contributed by atoms with Crippen LogP contribution in [0.4, 0.5) is 0 Å². The van der Waals surface area contributed by atoms with Crippen molar-refractivity contribution in [2.24, 2.45) is 0 Å². The summed E-state index contributed by atoms with van der Waals surface area (Å²) in [5.41, 5.74) is -1.03. The molecule has 1 unspecified atom stereocenters. The highest BCUT2D eigenvalue weighted by atomic mass is 35.5. The number of likely N-dealkylation sites (N-methyl/N-ethyl adjacent to an activating group) is 1. The molecule has 0 aliphatic carbocycles. The average Bonchev–Trinajstić information content (AvgIpc) is 2.68. The standard InChI is InChI=1S/C16H19ClN2O4/c1-18(2)7-8-19-13(20)9-16(15(19)23,10-14(21)22)11-5-3-4-6-12(11)17/h3-6H,7-10H2,1-2H3,(H,21,22). The van der Waals surface area contributed by atoms with Gasteiger partial charge in [-0.3, -0.25) is 19.3 Å². The summed E-state index contributed by atoms with van der Waals surface area (Å²) in [6, 6.07) is 6.60. The second kappa shape index (κ2) is 6.68. The van der Waals surface area contributed by atoms with E-state index in [0.717, 1.165) is 4.90 Å². The fraction of sp³-hybridized carbons (Fsp3) is 0.438. The second-order valence-corrected chi connectivity index (χ2v) is 6.37.